The van der Waals surface area contributed by atoms with Crippen molar-refractivity contribution in [3.05, 3.63) is 51.7 Å². The van der Waals surface area contributed by atoms with Crippen LogP contribution in [0.1, 0.15) is 49.0 Å². The maximum Gasteiger partial charge on any atom is 0.387 e. The first-order chi connectivity index (χ1) is 17.3. The van der Waals surface area contributed by atoms with Crippen molar-refractivity contribution < 1.29 is 23.2 Å². The van der Waals surface area contributed by atoms with Crippen LogP contribution in [0.4, 0.5) is 19.6 Å². The molecule has 1 aromatic carbocycles. The topological polar surface area (TPSA) is 112 Å². The minimum atomic E-state index is -2.91. The summed E-state index contributed by atoms with van der Waals surface area (Å²) in [7, 11) is 0. The first-order valence-electron chi connectivity index (χ1n) is 11.8. The van der Waals surface area contributed by atoms with Crippen LogP contribution in [0.25, 0.3) is 11.3 Å². The highest BCUT2D eigenvalue weighted by atomic mass is 32.1. The molecule has 2 aromatic heterocycles. The minimum absolute atomic E-state index is 0.0272. The van der Waals surface area contributed by atoms with Crippen LogP contribution in [0.2, 0.25) is 0 Å². The third-order valence-electron chi connectivity index (χ3n) is 7.70. The Bertz CT molecular complexity index is 1290. The molecular weight excluding hydrogens is 492 g/mol. The van der Waals surface area contributed by atoms with E-state index in [0.717, 1.165) is 30.6 Å². The molecule has 9 nitrogen and oxygen atoms in total. The fraction of sp³-hybridized carbons (Fsp3) is 0.458. The van der Waals surface area contributed by atoms with Gasteiger partial charge in [0.1, 0.15) is 11.9 Å². The number of rotatable bonds is 7. The van der Waals surface area contributed by atoms with Gasteiger partial charge in [-0.05, 0) is 80.5 Å². The number of ether oxygens (including phenoxy) is 1. The smallest absolute Gasteiger partial charge is 0.387 e. The minimum Gasteiger partial charge on any atom is -0.435 e. The number of nitrogens with one attached hydrogen (secondary N) is 1. The average molecular weight is 516 g/mol. The molecule has 3 aromatic rings. The number of anilines is 1. The van der Waals surface area contributed by atoms with Gasteiger partial charge in [-0.3, -0.25) is 24.9 Å². The van der Waals surface area contributed by atoms with Crippen LogP contribution < -0.4 is 10.1 Å². The lowest BCUT2D eigenvalue weighted by Crippen LogP contribution is -2.52. The molecule has 1 N–H and O–H groups in total. The van der Waals surface area contributed by atoms with E-state index in [9.17, 15) is 23.7 Å². The highest BCUT2D eigenvalue weighted by Gasteiger charge is 2.53. The number of halogens is 2. The van der Waals surface area contributed by atoms with Gasteiger partial charge in [0.2, 0.25) is 5.69 Å². The van der Waals surface area contributed by atoms with E-state index in [1.165, 1.54) is 37.6 Å². The van der Waals surface area contributed by atoms with Crippen molar-refractivity contribution in [3.8, 4) is 17.0 Å². The number of amides is 1. The normalized spacial score (nSPS) is 26.4. The molecule has 188 valence electrons. The molecule has 0 spiro atoms. The fourth-order valence-electron chi connectivity index (χ4n) is 6.68. The third-order valence-corrected chi connectivity index (χ3v) is 8.46. The van der Waals surface area contributed by atoms with Crippen molar-refractivity contribution >= 4 is 28.1 Å². The number of alkyl halides is 2. The maximum absolute atomic E-state index is 13.1. The van der Waals surface area contributed by atoms with Crippen LogP contribution in [0.5, 0.6) is 5.75 Å². The predicted molar refractivity (Wildman–Crippen MR) is 127 cm³/mol. The van der Waals surface area contributed by atoms with Crippen molar-refractivity contribution in [2.45, 2.75) is 50.7 Å². The second-order valence-corrected chi connectivity index (χ2v) is 11.0. The summed E-state index contributed by atoms with van der Waals surface area (Å²) in [6, 6.07) is 5.96. The Labute approximate surface area is 208 Å². The van der Waals surface area contributed by atoms with E-state index in [4.69, 9.17) is 0 Å². The van der Waals surface area contributed by atoms with Crippen molar-refractivity contribution in [1.29, 1.82) is 0 Å². The van der Waals surface area contributed by atoms with E-state index >= 15 is 0 Å². The molecule has 4 fully saturated rings. The molecule has 4 bridgehead atoms. The molecule has 4 aliphatic rings. The van der Waals surface area contributed by atoms with Gasteiger partial charge >= 0.3 is 12.3 Å². The number of carbonyl (C=O) groups excluding carboxylic acids is 1. The van der Waals surface area contributed by atoms with Crippen LogP contribution in [0.15, 0.2) is 35.8 Å². The zero-order chi connectivity index (χ0) is 25.0. The summed E-state index contributed by atoms with van der Waals surface area (Å²) in [5, 5.41) is 20.9. The van der Waals surface area contributed by atoms with Crippen LogP contribution in [0, 0.1) is 27.9 Å². The summed E-state index contributed by atoms with van der Waals surface area (Å²) in [5.41, 5.74) is 0.389. The van der Waals surface area contributed by atoms with Gasteiger partial charge in [-0.15, -0.1) is 11.3 Å². The lowest BCUT2D eigenvalue weighted by atomic mass is 9.53. The summed E-state index contributed by atoms with van der Waals surface area (Å²) in [4.78, 5) is 28.7. The van der Waals surface area contributed by atoms with E-state index in [1.807, 2.05) is 0 Å². The Morgan fingerprint density at radius 3 is 2.39 bits per heavy atom. The largest absolute Gasteiger partial charge is 0.435 e. The first kappa shape index (κ1) is 23.0. The van der Waals surface area contributed by atoms with Gasteiger partial charge in [-0.1, -0.05) is 0 Å². The van der Waals surface area contributed by atoms with Crippen LogP contribution >= 0.6 is 11.3 Å². The standard InChI is InChI=1S/C24H23F2N5O4S/c25-22(26)35-17-3-1-16(2-4-17)18-12-36-23(27-18)28-21(32)20-19(31(33)34)11-30(29-20)24-8-13-5-14(9-24)7-15(6-13)10-24/h1-4,11-15,22H,5-10H2,(H,27,28,32). The van der Waals surface area contributed by atoms with Crippen molar-refractivity contribution in [3.63, 3.8) is 0 Å². The molecule has 4 aliphatic carbocycles. The monoisotopic (exact) mass is 515 g/mol. The zero-order valence-corrected chi connectivity index (χ0v) is 19.9. The quantitative estimate of drug-likeness (QED) is 0.319. The van der Waals surface area contributed by atoms with E-state index in [1.54, 1.807) is 22.2 Å². The number of thiazole rings is 1. The summed E-state index contributed by atoms with van der Waals surface area (Å²) in [5.74, 6) is 1.22. The second-order valence-electron chi connectivity index (χ2n) is 10.1. The Morgan fingerprint density at radius 2 is 1.81 bits per heavy atom. The molecule has 0 aliphatic heterocycles. The van der Waals surface area contributed by atoms with E-state index in [0.29, 0.717) is 29.0 Å². The van der Waals surface area contributed by atoms with Gasteiger partial charge in [-0.25, -0.2) is 4.98 Å². The van der Waals surface area contributed by atoms with Gasteiger partial charge < -0.3 is 4.74 Å². The molecule has 0 atom stereocenters. The molecule has 0 unspecified atom stereocenters. The molecule has 2 heterocycles. The average Bonchev–Trinajstić information content (AvgIpc) is 3.46. The lowest BCUT2D eigenvalue weighted by Gasteiger charge is -2.56. The van der Waals surface area contributed by atoms with Gasteiger partial charge in [0, 0.05) is 10.9 Å². The van der Waals surface area contributed by atoms with E-state index in [-0.39, 0.29) is 27.8 Å². The van der Waals surface area contributed by atoms with E-state index < -0.39 is 17.4 Å². The Kier molecular flexibility index (Phi) is 5.51. The highest BCUT2D eigenvalue weighted by molar-refractivity contribution is 7.14. The lowest BCUT2D eigenvalue weighted by molar-refractivity contribution is -0.385. The number of aromatic nitrogens is 3. The molecule has 0 radical (unpaired) electrons. The van der Waals surface area contributed by atoms with Crippen LogP contribution in [-0.2, 0) is 5.54 Å². The zero-order valence-electron chi connectivity index (χ0n) is 19.1. The van der Waals surface area contributed by atoms with Crippen molar-refractivity contribution in [2.24, 2.45) is 17.8 Å². The van der Waals surface area contributed by atoms with Crippen molar-refractivity contribution in [1.82, 2.24) is 14.8 Å². The maximum atomic E-state index is 13.1. The Hall–Kier alpha value is -3.41. The molecule has 0 saturated heterocycles. The van der Waals surface area contributed by atoms with Crippen LogP contribution in [-0.4, -0.2) is 32.2 Å². The van der Waals surface area contributed by atoms with Gasteiger partial charge in [0.25, 0.3) is 5.91 Å². The van der Waals surface area contributed by atoms with Gasteiger partial charge in [0.15, 0.2) is 5.13 Å². The number of nitrogens with zero attached hydrogens (tertiary/aromatic N) is 4. The van der Waals surface area contributed by atoms with E-state index in [2.05, 4.69) is 20.1 Å². The molecule has 36 heavy (non-hydrogen) atoms. The molecule has 12 heteroatoms. The SMILES string of the molecule is O=C(Nc1nc(-c2ccc(OC(F)F)cc2)cs1)c1nn(C23CC4CC(CC(C4)C2)C3)cc1[N+](=O)[O-]. The van der Waals surface area contributed by atoms with Gasteiger partial charge in [0.05, 0.1) is 16.2 Å². The second kappa shape index (κ2) is 8.61. The number of hydrogen-bond donors (Lipinski definition) is 1. The first-order valence-corrected chi connectivity index (χ1v) is 12.7. The van der Waals surface area contributed by atoms with Gasteiger partial charge in [-0.2, -0.15) is 13.9 Å². The summed E-state index contributed by atoms with van der Waals surface area (Å²) in [6.07, 6.45) is 7.97. The van der Waals surface area contributed by atoms with Crippen molar-refractivity contribution in [2.75, 3.05) is 5.32 Å². The molecule has 1 amide bonds. The predicted octanol–water partition coefficient (Wildman–Crippen LogP) is 5.69. The third kappa shape index (κ3) is 4.12. The van der Waals surface area contributed by atoms with Crippen LogP contribution in [0.3, 0.4) is 0 Å². The number of carbonyl (C=O) groups is 1. The molecular formula is C24H23F2N5O4S. The number of hydrogen-bond acceptors (Lipinski definition) is 7. The summed E-state index contributed by atoms with van der Waals surface area (Å²) < 4.78 is 30.8. The summed E-state index contributed by atoms with van der Waals surface area (Å²) >= 11 is 1.15. The Balaban J connectivity index is 1.22. The number of nitro groups is 1. The summed E-state index contributed by atoms with van der Waals surface area (Å²) in [6.45, 7) is -2.91. The highest BCUT2D eigenvalue weighted by Crippen LogP contribution is 2.58. The Morgan fingerprint density at radius 1 is 1.17 bits per heavy atom. The molecule has 4 saturated carbocycles. The molecule has 7 rings (SSSR count). The fourth-order valence-corrected chi connectivity index (χ4v) is 7.39. The number of benzene rings is 1.